The molecule has 0 spiro atoms. The second-order valence-corrected chi connectivity index (χ2v) is 12.2. The summed E-state index contributed by atoms with van der Waals surface area (Å²) in [5.74, 6) is -1.01. The van der Waals surface area contributed by atoms with Crippen molar-refractivity contribution in [2.24, 2.45) is 18.9 Å². The lowest BCUT2D eigenvalue weighted by molar-refractivity contribution is -0.111. The Morgan fingerprint density at radius 3 is 2.45 bits per heavy atom. The van der Waals surface area contributed by atoms with Gasteiger partial charge in [0.2, 0.25) is 11.9 Å². The standard InChI is InChI=1S/C34H33F2N9O4/c1-5-31(46)39-25-10-26(29(48-4)11-27(25)44-16-20-14-42(2)15-21(20)17-44)40-34-37-12-19-8-30(49-28-7-6-22(35)9-24(28)36)33(47)45(32(19)41-34)23-13-38-43(3)18-23/h5-13,18,20-21H,1,14-17H2,2-4H3,(H,39,46)(H,37,40,41)/t20-,21+. The van der Waals surface area contributed by atoms with Gasteiger partial charge in [-0.1, -0.05) is 6.58 Å². The molecule has 0 saturated carbocycles. The average Bonchev–Trinajstić information content (AvgIpc) is 3.77. The summed E-state index contributed by atoms with van der Waals surface area (Å²) < 4.78 is 42.2. The Balaban J connectivity index is 1.28. The van der Waals surface area contributed by atoms with E-state index in [1.807, 2.05) is 6.07 Å². The minimum absolute atomic E-state index is 0.119. The highest BCUT2D eigenvalue weighted by atomic mass is 19.1. The van der Waals surface area contributed by atoms with Crippen LogP contribution in [0.3, 0.4) is 0 Å². The monoisotopic (exact) mass is 669 g/mol. The number of ether oxygens (including phenoxy) is 2. The number of methoxy groups -OCH3 is 1. The van der Waals surface area contributed by atoms with Crippen molar-refractivity contribution in [2.45, 2.75) is 0 Å². The predicted octanol–water partition coefficient (Wildman–Crippen LogP) is 4.46. The van der Waals surface area contributed by atoms with E-state index in [0.29, 0.717) is 46.1 Å². The number of hydrogen-bond acceptors (Lipinski definition) is 10. The number of pyridine rings is 1. The molecule has 7 rings (SSSR count). The number of aryl methyl sites for hydroxylation is 1. The Morgan fingerprint density at radius 1 is 1.00 bits per heavy atom. The molecule has 2 fully saturated rings. The van der Waals surface area contributed by atoms with Crippen LogP contribution in [0, 0.1) is 23.5 Å². The molecule has 13 nitrogen and oxygen atoms in total. The third-order valence-electron chi connectivity index (χ3n) is 8.79. The van der Waals surface area contributed by atoms with Gasteiger partial charge in [-0.25, -0.2) is 13.8 Å². The van der Waals surface area contributed by atoms with E-state index in [4.69, 9.17) is 9.47 Å². The van der Waals surface area contributed by atoms with Gasteiger partial charge >= 0.3 is 0 Å². The summed E-state index contributed by atoms with van der Waals surface area (Å²) in [6.07, 6.45) is 5.77. The van der Waals surface area contributed by atoms with Gasteiger partial charge in [0.15, 0.2) is 23.0 Å². The molecule has 3 aromatic heterocycles. The molecule has 2 N–H and O–H groups in total. The summed E-state index contributed by atoms with van der Waals surface area (Å²) >= 11 is 0. The maximum Gasteiger partial charge on any atom is 0.299 e. The van der Waals surface area contributed by atoms with Crippen molar-refractivity contribution in [2.75, 3.05) is 55.9 Å². The molecule has 15 heteroatoms. The number of aromatic nitrogens is 5. The van der Waals surface area contributed by atoms with E-state index < -0.39 is 17.2 Å². The normalized spacial score (nSPS) is 17.3. The first kappa shape index (κ1) is 31.8. The molecular weight excluding hydrogens is 636 g/mol. The van der Waals surface area contributed by atoms with Crippen molar-refractivity contribution in [1.82, 2.24) is 29.2 Å². The number of rotatable bonds is 9. The van der Waals surface area contributed by atoms with Crippen molar-refractivity contribution >= 4 is 40.0 Å². The molecule has 2 aliphatic rings. The number of hydrogen-bond donors (Lipinski definition) is 2. The number of benzene rings is 2. The van der Waals surface area contributed by atoms with Crippen LogP contribution in [0.2, 0.25) is 0 Å². The summed E-state index contributed by atoms with van der Waals surface area (Å²) in [6, 6.07) is 7.82. The number of carbonyl (C=O) groups excluding carboxylic acids is 1. The van der Waals surface area contributed by atoms with Gasteiger partial charge in [0.05, 0.1) is 36.1 Å². The van der Waals surface area contributed by atoms with Crippen LogP contribution in [-0.2, 0) is 11.8 Å². The Kier molecular flexibility index (Phi) is 8.20. The van der Waals surface area contributed by atoms with Crippen LogP contribution in [-0.4, -0.2) is 75.5 Å². The van der Waals surface area contributed by atoms with Crippen molar-refractivity contribution in [3.05, 3.63) is 89.6 Å². The number of nitrogens with zero attached hydrogens (tertiary/aromatic N) is 7. The lowest BCUT2D eigenvalue weighted by Gasteiger charge is -2.26. The average molecular weight is 670 g/mol. The molecule has 2 aromatic carbocycles. The van der Waals surface area contributed by atoms with E-state index >= 15 is 0 Å². The second kappa shape index (κ2) is 12.6. The summed E-state index contributed by atoms with van der Waals surface area (Å²) in [5, 5.41) is 10.7. The van der Waals surface area contributed by atoms with Crippen LogP contribution >= 0.6 is 0 Å². The highest BCUT2D eigenvalue weighted by Gasteiger charge is 2.39. The van der Waals surface area contributed by atoms with Crippen molar-refractivity contribution in [3.63, 3.8) is 0 Å². The number of anilines is 4. The van der Waals surface area contributed by atoms with Gasteiger partial charge in [-0.15, -0.1) is 0 Å². The van der Waals surface area contributed by atoms with Crippen molar-refractivity contribution in [3.8, 4) is 22.9 Å². The van der Waals surface area contributed by atoms with Gasteiger partial charge in [0, 0.05) is 63.1 Å². The lowest BCUT2D eigenvalue weighted by Crippen LogP contribution is -2.27. The van der Waals surface area contributed by atoms with E-state index in [1.165, 1.54) is 33.8 Å². The lowest BCUT2D eigenvalue weighted by atomic mass is 10.0. The molecule has 2 aliphatic heterocycles. The van der Waals surface area contributed by atoms with Gasteiger partial charge in [0.25, 0.3) is 5.56 Å². The molecule has 5 heterocycles. The number of halogens is 2. The molecule has 252 valence electrons. The Labute approximate surface area is 279 Å². The molecular formula is C34H33F2N9O4. The second-order valence-electron chi connectivity index (χ2n) is 12.2. The molecule has 2 atom stereocenters. The van der Waals surface area contributed by atoms with Crippen LogP contribution in [0.1, 0.15) is 0 Å². The van der Waals surface area contributed by atoms with Crippen LogP contribution < -0.4 is 30.6 Å². The third kappa shape index (κ3) is 6.15. The molecule has 0 unspecified atom stereocenters. The molecule has 5 aromatic rings. The fourth-order valence-electron chi connectivity index (χ4n) is 6.57. The largest absolute Gasteiger partial charge is 0.494 e. The van der Waals surface area contributed by atoms with Gasteiger partial charge in [-0.3, -0.25) is 18.8 Å². The molecule has 0 aliphatic carbocycles. The van der Waals surface area contributed by atoms with Crippen LogP contribution in [0.25, 0.3) is 16.7 Å². The zero-order valence-corrected chi connectivity index (χ0v) is 27.0. The summed E-state index contributed by atoms with van der Waals surface area (Å²) in [4.78, 5) is 40.1. The van der Waals surface area contributed by atoms with Gasteiger partial charge < -0.3 is 29.9 Å². The van der Waals surface area contributed by atoms with Crippen molar-refractivity contribution < 1.29 is 23.0 Å². The fraction of sp³-hybridized carbons (Fsp3) is 0.265. The summed E-state index contributed by atoms with van der Waals surface area (Å²) in [5.41, 5.74) is 1.75. The zero-order chi connectivity index (χ0) is 34.4. The van der Waals surface area contributed by atoms with Crippen LogP contribution in [0.4, 0.5) is 31.8 Å². The fourth-order valence-corrected chi connectivity index (χ4v) is 6.57. The highest BCUT2D eigenvalue weighted by molar-refractivity contribution is 6.02. The summed E-state index contributed by atoms with van der Waals surface area (Å²) in [7, 11) is 5.37. The van der Waals surface area contributed by atoms with E-state index in [1.54, 1.807) is 26.4 Å². The van der Waals surface area contributed by atoms with Crippen LogP contribution in [0.15, 0.2) is 72.4 Å². The number of fused-ring (bicyclic) bond motifs is 2. The number of amides is 1. The van der Waals surface area contributed by atoms with Gasteiger partial charge in [-0.05, 0) is 49.2 Å². The Hall–Kier alpha value is -5.83. The van der Waals surface area contributed by atoms with Gasteiger partial charge in [0.1, 0.15) is 11.6 Å². The maximum atomic E-state index is 14.5. The molecule has 49 heavy (non-hydrogen) atoms. The molecule has 2 saturated heterocycles. The van der Waals surface area contributed by atoms with E-state index in [0.717, 1.165) is 44.0 Å². The molecule has 0 radical (unpaired) electrons. The predicted molar refractivity (Wildman–Crippen MR) is 180 cm³/mol. The topological polar surface area (TPSA) is 132 Å². The maximum absolute atomic E-state index is 14.5. The smallest absolute Gasteiger partial charge is 0.299 e. The molecule has 0 bridgehead atoms. The third-order valence-corrected chi connectivity index (χ3v) is 8.79. The number of likely N-dealkylation sites (tertiary alicyclic amines) is 1. The number of nitrogens with one attached hydrogen (secondary N) is 2. The van der Waals surface area contributed by atoms with E-state index in [9.17, 15) is 18.4 Å². The minimum atomic E-state index is -0.966. The van der Waals surface area contributed by atoms with E-state index in [2.05, 4.69) is 49.1 Å². The summed E-state index contributed by atoms with van der Waals surface area (Å²) in [6.45, 7) is 7.34. The minimum Gasteiger partial charge on any atom is -0.494 e. The first-order valence-corrected chi connectivity index (χ1v) is 15.5. The molecule has 1 amide bonds. The first-order valence-electron chi connectivity index (χ1n) is 15.5. The Morgan fingerprint density at radius 2 is 1.78 bits per heavy atom. The number of carbonyl (C=O) groups is 1. The SMILES string of the molecule is C=CC(=O)Nc1cc(Nc2ncc3cc(Oc4ccc(F)cc4F)c(=O)n(-c4cnn(C)c4)c3n2)c(OC)cc1N1C[C@H]2CN(C)C[C@H]2C1. The van der Waals surface area contributed by atoms with Crippen LogP contribution in [0.5, 0.6) is 17.2 Å². The Bertz CT molecular complexity index is 2150. The van der Waals surface area contributed by atoms with E-state index in [-0.39, 0.29) is 29.0 Å². The highest BCUT2D eigenvalue weighted by Crippen LogP contribution is 2.42. The first-order chi connectivity index (χ1) is 23.6. The van der Waals surface area contributed by atoms with Gasteiger partial charge in [-0.2, -0.15) is 10.1 Å². The zero-order valence-electron chi connectivity index (χ0n) is 27.0. The van der Waals surface area contributed by atoms with Crippen molar-refractivity contribution in [1.29, 1.82) is 0 Å². The quantitative estimate of drug-likeness (QED) is 0.217.